The van der Waals surface area contributed by atoms with E-state index in [4.69, 9.17) is 11.6 Å². The van der Waals surface area contributed by atoms with Crippen LogP contribution in [0.2, 0.25) is 5.02 Å². The third-order valence-corrected chi connectivity index (χ3v) is 2.32. The average Bonchev–Trinajstić information content (AvgIpc) is 2.31. The Kier molecular flexibility index (Phi) is 3.22. The summed E-state index contributed by atoms with van der Waals surface area (Å²) in [6.07, 6.45) is 0. The lowest BCUT2D eigenvalue weighted by molar-refractivity contribution is 0.102. The number of hydrogen-bond acceptors (Lipinski definition) is 1. The van der Waals surface area contributed by atoms with E-state index in [9.17, 15) is 4.79 Å². The fourth-order valence-corrected chi connectivity index (χ4v) is 1.40. The van der Waals surface area contributed by atoms with Crippen molar-refractivity contribution in [3.63, 3.8) is 0 Å². The number of carbonyl (C=O) groups excluding carboxylic acids is 1. The molecule has 2 nitrogen and oxygen atoms in total. The first kappa shape index (κ1) is 10.7. The molecule has 1 N–H and O–H groups in total. The minimum absolute atomic E-state index is 0.156. The van der Waals surface area contributed by atoms with Crippen LogP contribution in [0.3, 0.4) is 0 Å². The summed E-state index contributed by atoms with van der Waals surface area (Å²) < 4.78 is 0. The van der Waals surface area contributed by atoms with Gasteiger partial charge in [-0.05, 0) is 42.5 Å². The summed E-state index contributed by atoms with van der Waals surface area (Å²) >= 11 is 5.74. The Bertz CT molecular complexity index is 479. The molecule has 0 saturated heterocycles. The van der Waals surface area contributed by atoms with E-state index in [1.165, 1.54) is 0 Å². The lowest BCUT2D eigenvalue weighted by Crippen LogP contribution is -2.11. The van der Waals surface area contributed by atoms with Crippen LogP contribution >= 0.6 is 11.6 Å². The van der Waals surface area contributed by atoms with Crippen LogP contribution in [-0.4, -0.2) is 5.91 Å². The number of amides is 1. The topological polar surface area (TPSA) is 29.1 Å². The number of nitrogens with one attached hydrogen (secondary N) is 1. The summed E-state index contributed by atoms with van der Waals surface area (Å²) in [7, 11) is 0. The number of anilines is 1. The van der Waals surface area contributed by atoms with E-state index in [1.807, 2.05) is 12.1 Å². The lowest BCUT2D eigenvalue weighted by atomic mass is 10.2. The molecule has 16 heavy (non-hydrogen) atoms. The van der Waals surface area contributed by atoms with Crippen molar-refractivity contribution in [2.45, 2.75) is 0 Å². The third-order valence-electron chi connectivity index (χ3n) is 2.07. The van der Waals surface area contributed by atoms with Gasteiger partial charge < -0.3 is 5.32 Å². The summed E-state index contributed by atoms with van der Waals surface area (Å²) in [4.78, 5) is 11.8. The first-order valence-corrected chi connectivity index (χ1v) is 5.16. The SMILES string of the molecule is O=C(Nc1c[c]ccc1)c1ccc(Cl)cc1. The van der Waals surface area contributed by atoms with Gasteiger partial charge in [0, 0.05) is 16.3 Å². The summed E-state index contributed by atoms with van der Waals surface area (Å²) in [5, 5.41) is 3.38. The molecular weight excluding hydrogens is 222 g/mol. The first-order chi connectivity index (χ1) is 7.75. The van der Waals surface area contributed by atoms with Crippen molar-refractivity contribution in [1.82, 2.24) is 0 Å². The van der Waals surface area contributed by atoms with E-state index in [-0.39, 0.29) is 5.91 Å². The zero-order valence-corrected chi connectivity index (χ0v) is 9.16. The quantitative estimate of drug-likeness (QED) is 0.842. The highest BCUT2D eigenvalue weighted by Crippen LogP contribution is 2.12. The molecule has 2 aromatic carbocycles. The van der Waals surface area contributed by atoms with E-state index < -0.39 is 0 Å². The van der Waals surface area contributed by atoms with Crippen molar-refractivity contribution in [2.24, 2.45) is 0 Å². The second-order valence-electron chi connectivity index (χ2n) is 3.25. The normalized spacial score (nSPS) is 9.81. The van der Waals surface area contributed by atoms with Crippen LogP contribution in [0.1, 0.15) is 10.4 Å². The first-order valence-electron chi connectivity index (χ1n) is 4.79. The Morgan fingerprint density at radius 3 is 2.56 bits per heavy atom. The maximum absolute atomic E-state index is 11.8. The van der Waals surface area contributed by atoms with Gasteiger partial charge in [-0.15, -0.1) is 0 Å². The van der Waals surface area contributed by atoms with Gasteiger partial charge in [0.15, 0.2) is 0 Å². The van der Waals surface area contributed by atoms with Crippen molar-refractivity contribution >= 4 is 23.2 Å². The molecule has 0 bridgehead atoms. The monoisotopic (exact) mass is 230 g/mol. The number of rotatable bonds is 2. The van der Waals surface area contributed by atoms with Gasteiger partial charge in [0.05, 0.1) is 0 Å². The molecule has 0 spiro atoms. The van der Waals surface area contributed by atoms with Gasteiger partial charge in [0.2, 0.25) is 0 Å². The molecule has 0 aliphatic heterocycles. The molecule has 0 atom stereocenters. The Morgan fingerprint density at radius 1 is 1.19 bits per heavy atom. The van der Waals surface area contributed by atoms with Gasteiger partial charge in [0.25, 0.3) is 5.91 Å². The van der Waals surface area contributed by atoms with Gasteiger partial charge in [-0.3, -0.25) is 4.79 Å². The standard InChI is InChI=1S/C13H9ClNO/c14-11-8-6-10(7-9-11)13(16)15-12-4-2-1-3-5-12/h1-2,4-9H,(H,15,16). The van der Waals surface area contributed by atoms with Crippen LogP contribution in [-0.2, 0) is 0 Å². The van der Waals surface area contributed by atoms with Crippen LogP contribution in [0.4, 0.5) is 5.69 Å². The number of benzene rings is 2. The maximum Gasteiger partial charge on any atom is 0.255 e. The van der Waals surface area contributed by atoms with Crippen molar-refractivity contribution in [1.29, 1.82) is 0 Å². The minimum atomic E-state index is -0.156. The predicted molar refractivity (Wildman–Crippen MR) is 64.7 cm³/mol. The van der Waals surface area contributed by atoms with E-state index in [0.29, 0.717) is 10.6 Å². The maximum atomic E-state index is 11.8. The molecule has 0 fully saturated rings. The Balaban J connectivity index is 2.12. The highest BCUT2D eigenvalue weighted by molar-refractivity contribution is 6.30. The molecule has 3 heteroatoms. The van der Waals surface area contributed by atoms with Gasteiger partial charge in [0.1, 0.15) is 0 Å². The van der Waals surface area contributed by atoms with Gasteiger partial charge in [-0.2, -0.15) is 0 Å². The number of halogens is 1. The van der Waals surface area contributed by atoms with Crippen LogP contribution < -0.4 is 5.32 Å². The van der Waals surface area contributed by atoms with Crippen molar-refractivity contribution in [2.75, 3.05) is 5.32 Å². The molecule has 0 saturated carbocycles. The molecule has 79 valence electrons. The molecular formula is C13H9ClNO. The van der Waals surface area contributed by atoms with Crippen LogP contribution in [0.15, 0.2) is 48.5 Å². The Labute approximate surface area is 98.9 Å². The largest absolute Gasteiger partial charge is 0.322 e. The molecule has 0 aromatic heterocycles. The molecule has 1 radical (unpaired) electrons. The van der Waals surface area contributed by atoms with Gasteiger partial charge >= 0.3 is 0 Å². The van der Waals surface area contributed by atoms with E-state index >= 15 is 0 Å². The van der Waals surface area contributed by atoms with Crippen molar-refractivity contribution in [3.05, 3.63) is 65.2 Å². The Hall–Kier alpha value is -1.80. The molecule has 0 aliphatic rings. The second-order valence-corrected chi connectivity index (χ2v) is 3.69. The summed E-state index contributed by atoms with van der Waals surface area (Å²) in [5.41, 5.74) is 1.30. The zero-order chi connectivity index (χ0) is 11.4. The number of hydrogen-bond donors (Lipinski definition) is 1. The zero-order valence-electron chi connectivity index (χ0n) is 8.41. The Morgan fingerprint density at radius 2 is 1.94 bits per heavy atom. The molecule has 2 rings (SSSR count). The molecule has 1 amide bonds. The van der Waals surface area contributed by atoms with Crippen LogP contribution in [0, 0.1) is 6.07 Å². The molecule has 2 aromatic rings. The second kappa shape index (κ2) is 4.81. The third kappa shape index (κ3) is 2.61. The van der Waals surface area contributed by atoms with Crippen LogP contribution in [0.25, 0.3) is 0 Å². The predicted octanol–water partition coefficient (Wildman–Crippen LogP) is 3.39. The van der Waals surface area contributed by atoms with Crippen molar-refractivity contribution < 1.29 is 4.79 Å². The highest BCUT2D eigenvalue weighted by Gasteiger charge is 2.04. The van der Waals surface area contributed by atoms with Crippen molar-refractivity contribution in [3.8, 4) is 0 Å². The summed E-state index contributed by atoms with van der Waals surface area (Å²) in [6, 6.07) is 16.8. The van der Waals surface area contributed by atoms with E-state index in [0.717, 1.165) is 5.69 Å². The molecule has 0 heterocycles. The van der Waals surface area contributed by atoms with E-state index in [1.54, 1.807) is 36.4 Å². The minimum Gasteiger partial charge on any atom is -0.322 e. The fourth-order valence-electron chi connectivity index (χ4n) is 1.28. The molecule has 0 unspecified atom stereocenters. The lowest BCUT2D eigenvalue weighted by Gasteiger charge is -2.04. The van der Waals surface area contributed by atoms with E-state index in [2.05, 4.69) is 11.4 Å². The summed E-state index contributed by atoms with van der Waals surface area (Å²) in [6.45, 7) is 0. The highest BCUT2D eigenvalue weighted by atomic mass is 35.5. The molecule has 0 aliphatic carbocycles. The smallest absolute Gasteiger partial charge is 0.255 e. The van der Waals surface area contributed by atoms with Gasteiger partial charge in [-0.25, -0.2) is 0 Å². The number of carbonyl (C=O) groups is 1. The van der Waals surface area contributed by atoms with Gasteiger partial charge in [-0.1, -0.05) is 23.7 Å². The summed E-state index contributed by atoms with van der Waals surface area (Å²) in [5.74, 6) is -0.156. The average molecular weight is 231 g/mol. The van der Waals surface area contributed by atoms with Crippen LogP contribution in [0.5, 0.6) is 0 Å². The fraction of sp³-hybridized carbons (Fsp3) is 0.